The highest BCUT2D eigenvalue weighted by Crippen LogP contribution is 2.39. The molecule has 0 spiro atoms. The molecular weight excluding hydrogens is 274 g/mol. The van der Waals surface area contributed by atoms with Crippen molar-refractivity contribution in [1.82, 2.24) is 5.32 Å². The van der Waals surface area contributed by atoms with Crippen molar-refractivity contribution in [2.45, 2.75) is 6.04 Å². The highest BCUT2D eigenvalue weighted by Gasteiger charge is 2.22. The van der Waals surface area contributed by atoms with E-state index in [9.17, 15) is 0 Å². The minimum atomic E-state index is 0.0453. The first kappa shape index (κ1) is 13.3. The van der Waals surface area contributed by atoms with Crippen LogP contribution < -0.4 is 14.8 Å². The maximum atomic E-state index is 5.96. The van der Waals surface area contributed by atoms with Gasteiger partial charge in [0.1, 0.15) is 13.2 Å². The molecule has 1 unspecified atom stereocenters. The number of hydrogen-bond acceptors (Lipinski definition) is 3. The predicted octanol–water partition coefficient (Wildman–Crippen LogP) is 3.42. The van der Waals surface area contributed by atoms with Crippen molar-refractivity contribution in [3.8, 4) is 11.5 Å². The van der Waals surface area contributed by atoms with Gasteiger partial charge in [-0.15, -0.1) is 0 Å². The normalized spacial score (nSPS) is 14.9. The average Bonchev–Trinajstić information content (AvgIpc) is 2.50. The maximum absolute atomic E-state index is 5.96. The number of halogens is 1. The van der Waals surface area contributed by atoms with Gasteiger partial charge in [-0.1, -0.05) is 35.9 Å². The zero-order valence-corrected chi connectivity index (χ0v) is 12.0. The van der Waals surface area contributed by atoms with Gasteiger partial charge in [0.05, 0.1) is 6.04 Å². The smallest absolute Gasteiger partial charge is 0.166 e. The molecule has 0 saturated heterocycles. The zero-order chi connectivity index (χ0) is 13.9. The summed E-state index contributed by atoms with van der Waals surface area (Å²) in [5.74, 6) is 1.64. The molecule has 1 N–H and O–H groups in total. The van der Waals surface area contributed by atoms with Crippen molar-refractivity contribution >= 4 is 11.6 Å². The van der Waals surface area contributed by atoms with E-state index in [4.69, 9.17) is 21.1 Å². The lowest BCUT2D eigenvalue weighted by molar-refractivity contribution is 0.169. The van der Waals surface area contributed by atoms with Crippen LogP contribution in [0.25, 0.3) is 0 Å². The summed E-state index contributed by atoms with van der Waals surface area (Å²) in [7, 11) is 1.93. The molecule has 20 heavy (non-hydrogen) atoms. The highest BCUT2D eigenvalue weighted by atomic mass is 35.5. The van der Waals surface area contributed by atoms with Crippen LogP contribution >= 0.6 is 11.6 Å². The molecule has 1 aliphatic rings. The average molecular weight is 290 g/mol. The molecule has 0 radical (unpaired) electrons. The van der Waals surface area contributed by atoms with Crippen LogP contribution in [0, 0.1) is 0 Å². The van der Waals surface area contributed by atoms with Crippen LogP contribution in [0.5, 0.6) is 11.5 Å². The van der Waals surface area contributed by atoms with E-state index in [1.54, 1.807) is 0 Å². The predicted molar refractivity (Wildman–Crippen MR) is 79.8 cm³/mol. The molecule has 2 aromatic carbocycles. The van der Waals surface area contributed by atoms with Crippen molar-refractivity contribution in [3.63, 3.8) is 0 Å². The van der Waals surface area contributed by atoms with Gasteiger partial charge in [0.25, 0.3) is 0 Å². The Hall–Kier alpha value is -1.71. The van der Waals surface area contributed by atoms with Crippen LogP contribution in [0.3, 0.4) is 0 Å². The van der Waals surface area contributed by atoms with Gasteiger partial charge in [-0.25, -0.2) is 0 Å². The Morgan fingerprint density at radius 1 is 1.05 bits per heavy atom. The van der Waals surface area contributed by atoms with Gasteiger partial charge in [0, 0.05) is 10.6 Å². The van der Waals surface area contributed by atoms with E-state index >= 15 is 0 Å². The Morgan fingerprint density at radius 2 is 1.80 bits per heavy atom. The Bertz CT molecular complexity index is 598. The largest absolute Gasteiger partial charge is 0.486 e. The first-order valence-electron chi connectivity index (χ1n) is 6.61. The van der Waals surface area contributed by atoms with Gasteiger partial charge >= 0.3 is 0 Å². The summed E-state index contributed by atoms with van der Waals surface area (Å²) >= 11 is 5.96. The molecule has 0 fully saturated rings. The summed E-state index contributed by atoms with van der Waals surface area (Å²) in [6.45, 7) is 1.18. The summed E-state index contributed by atoms with van der Waals surface area (Å²) in [4.78, 5) is 0. The Balaban J connectivity index is 2.03. The molecule has 2 aromatic rings. The third kappa shape index (κ3) is 2.47. The first-order valence-corrected chi connectivity index (χ1v) is 6.98. The summed E-state index contributed by atoms with van der Waals surface area (Å²) in [5.41, 5.74) is 2.21. The summed E-state index contributed by atoms with van der Waals surface area (Å²) in [5, 5.41) is 4.06. The molecule has 3 nitrogen and oxygen atoms in total. The van der Waals surface area contributed by atoms with E-state index in [-0.39, 0.29) is 6.04 Å². The van der Waals surface area contributed by atoms with E-state index in [1.807, 2.05) is 43.4 Å². The molecule has 1 atom stereocenters. The number of nitrogens with one attached hydrogen (secondary N) is 1. The molecular formula is C16H16ClNO2. The number of benzene rings is 2. The quantitative estimate of drug-likeness (QED) is 0.939. The molecule has 4 heteroatoms. The number of ether oxygens (including phenoxy) is 2. The van der Waals surface area contributed by atoms with Gasteiger partial charge in [-0.2, -0.15) is 0 Å². The fourth-order valence-electron chi connectivity index (χ4n) is 2.48. The van der Waals surface area contributed by atoms with Crippen molar-refractivity contribution in [2.75, 3.05) is 20.3 Å². The van der Waals surface area contributed by atoms with Gasteiger partial charge in [0.2, 0.25) is 0 Å². The molecule has 0 aromatic heterocycles. The molecule has 0 amide bonds. The third-order valence-electron chi connectivity index (χ3n) is 3.40. The maximum Gasteiger partial charge on any atom is 0.166 e. The number of para-hydroxylation sites is 1. The van der Waals surface area contributed by atoms with Gasteiger partial charge < -0.3 is 14.8 Å². The number of hydrogen-bond donors (Lipinski definition) is 1. The lowest BCUT2D eigenvalue weighted by Crippen LogP contribution is -2.22. The van der Waals surface area contributed by atoms with Crippen molar-refractivity contribution in [3.05, 3.63) is 58.6 Å². The minimum absolute atomic E-state index is 0.0453. The van der Waals surface area contributed by atoms with E-state index < -0.39 is 0 Å². The summed E-state index contributed by atoms with van der Waals surface area (Å²) < 4.78 is 11.4. The zero-order valence-electron chi connectivity index (χ0n) is 11.2. The Kier molecular flexibility index (Phi) is 3.81. The second-order valence-corrected chi connectivity index (χ2v) is 5.08. The summed E-state index contributed by atoms with van der Waals surface area (Å²) in [6, 6.07) is 13.9. The number of rotatable bonds is 3. The minimum Gasteiger partial charge on any atom is -0.486 e. The monoisotopic (exact) mass is 289 g/mol. The Morgan fingerprint density at radius 3 is 2.55 bits per heavy atom. The standard InChI is InChI=1S/C16H16ClNO2/c1-18-15(11-5-7-12(17)8-6-11)13-3-2-4-14-16(13)20-10-9-19-14/h2-8,15,18H,9-10H2,1H3. The SMILES string of the molecule is CNC(c1ccc(Cl)cc1)c1cccc2c1OCCO2. The molecule has 104 valence electrons. The van der Waals surface area contributed by atoms with Gasteiger partial charge in [-0.3, -0.25) is 0 Å². The molecule has 0 aliphatic carbocycles. The Labute approximate surface area is 123 Å². The van der Waals surface area contributed by atoms with Crippen LogP contribution in [-0.2, 0) is 0 Å². The second-order valence-electron chi connectivity index (χ2n) is 4.64. The fourth-order valence-corrected chi connectivity index (χ4v) is 2.61. The van der Waals surface area contributed by atoms with Crippen LogP contribution in [-0.4, -0.2) is 20.3 Å². The van der Waals surface area contributed by atoms with E-state index in [0.29, 0.717) is 13.2 Å². The number of fused-ring (bicyclic) bond motifs is 1. The molecule has 0 saturated carbocycles. The summed E-state index contributed by atoms with van der Waals surface area (Å²) in [6.07, 6.45) is 0. The van der Waals surface area contributed by atoms with E-state index in [0.717, 1.165) is 27.6 Å². The molecule has 1 aliphatic heterocycles. The van der Waals surface area contributed by atoms with Crippen molar-refractivity contribution in [1.29, 1.82) is 0 Å². The van der Waals surface area contributed by atoms with Crippen LogP contribution in [0.4, 0.5) is 0 Å². The van der Waals surface area contributed by atoms with Crippen LogP contribution in [0.2, 0.25) is 5.02 Å². The molecule has 3 rings (SSSR count). The van der Waals surface area contributed by atoms with Crippen LogP contribution in [0.15, 0.2) is 42.5 Å². The molecule has 1 heterocycles. The van der Waals surface area contributed by atoms with Gasteiger partial charge in [0.15, 0.2) is 11.5 Å². The highest BCUT2D eigenvalue weighted by molar-refractivity contribution is 6.30. The lowest BCUT2D eigenvalue weighted by atomic mass is 9.97. The van der Waals surface area contributed by atoms with Crippen molar-refractivity contribution in [2.24, 2.45) is 0 Å². The first-order chi connectivity index (χ1) is 9.79. The van der Waals surface area contributed by atoms with Crippen LogP contribution in [0.1, 0.15) is 17.2 Å². The topological polar surface area (TPSA) is 30.5 Å². The van der Waals surface area contributed by atoms with Gasteiger partial charge in [-0.05, 0) is 30.8 Å². The lowest BCUT2D eigenvalue weighted by Gasteiger charge is -2.25. The third-order valence-corrected chi connectivity index (χ3v) is 3.65. The van der Waals surface area contributed by atoms with E-state index in [1.165, 1.54) is 0 Å². The second kappa shape index (κ2) is 5.73. The van der Waals surface area contributed by atoms with E-state index in [2.05, 4.69) is 11.4 Å². The van der Waals surface area contributed by atoms with Crippen molar-refractivity contribution < 1.29 is 9.47 Å². The fraction of sp³-hybridized carbons (Fsp3) is 0.250. The molecule has 0 bridgehead atoms.